The molecule has 0 spiro atoms. The van der Waals surface area contributed by atoms with E-state index in [9.17, 15) is 4.79 Å². The Labute approximate surface area is 225 Å². The van der Waals surface area contributed by atoms with Gasteiger partial charge in [0.05, 0.1) is 32.3 Å². The van der Waals surface area contributed by atoms with E-state index in [0.29, 0.717) is 5.56 Å². The maximum Gasteiger partial charge on any atom is 0.337 e. The summed E-state index contributed by atoms with van der Waals surface area (Å²) in [7, 11) is 1.48. The van der Waals surface area contributed by atoms with Crippen LogP contribution in [0.15, 0.2) is 24.3 Å². The first-order valence-electron chi connectivity index (χ1n) is 15.6. The molecule has 3 nitrogen and oxygen atoms in total. The second-order valence-electron chi connectivity index (χ2n) is 11.2. The Kier molecular flexibility index (Phi) is 19.7. The van der Waals surface area contributed by atoms with E-state index in [2.05, 4.69) is 32.9 Å². The summed E-state index contributed by atoms with van der Waals surface area (Å²) in [6.45, 7) is 11.8. The highest BCUT2D eigenvalue weighted by Crippen LogP contribution is 2.23. The number of nitrogens with zero attached hydrogens (tertiary/aromatic N) is 1. The van der Waals surface area contributed by atoms with Gasteiger partial charge in [0.15, 0.2) is 0 Å². The van der Waals surface area contributed by atoms with Crippen LogP contribution < -0.4 is 0 Å². The number of quaternary nitrogens is 1. The lowest BCUT2D eigenvalue weighted by Crippen LogP contribution is -2.49. The zero-order chi connectivity index (χ0) is 26.3. The fourth-order valence-electron chi connectivity index (χ4n) is 5.56. The lowest BCUT2D eigenvalue weighted by molar-refractivity contribution is -0.941. The van der Waals surface area contributed by atoms with E-state index in [1.807, 2.05) is 12.1 Å². The molecule has 0 amide bonds. The maximum atomic E-state index is 12.2. The van der Waals surface area contributed by atoms with Crippen LogP contribution in [0.5, 0.6) is 0 Å². The molecule has 1 aromatic rings. The van der Waals surface area contributed by atoms with Gasteiger partial charge in [-0.15, -0.1) is 0 Å². The molecular formula is C33H60NO2+. The molecule has 0 aliphatic carbocycles. The lowest BCUT2D eigenvalue weighted by Gasteiger charge is -2.40. The summed E-state index contributed by atoms with van der Waals surface area (Å²) in [5, 5.41) is 0. The average molecular weight is 503 g/mol. The van der Waals surface area contributed by atoms with Crippen LogP contribution in [0.3, 0.4) is 0 Å². The number of benzene rings is 1. The summed E-state index contributed by atoms with van der Waals surface area (Å²) >= 11 is 0. The van der Waals surface area contributed by atoms with Crippen LogP contribution in [0.25, 0.3) is 0 Å². The molecule has 1 rings (SSSR count). The molecule has 0 saturated heterocycles. The molecule has 0 N–H and O–H groups in total. The summed E-state index contributed by atoms with van der Waals surface area (Å²) in [6, 6.07) is 8.24. The molecule has 0 heterocycles. The van der Waals surface area contributed by atoms with Gasteiger partial charge in [0.1, 0.15) is 6.54 Å². The Hall–Kier alpha value is -1.35. The number of rotatable bonds is 24. The highest BCUT2D eigenvalue weighted by Gasteiger charge is 2.27. The third kappa shape index (κ3) is 15.0. The second kappa shape index (κ2) is 21.7. The zero-order valence-electron chi connectivity index (χ0n) is 24.6. The van der Waals surface area contributed by atoms with Crippen LogP contribution >= 0.6 is 0 Å². The predicted molar refractivity (Wildman–Crippen MR) is 156 cm³/mol. The first kappa shape index (κ1) is 32.7. The van der Waals surface area contributed by atoms with Crippen molar-refractivity contribution < 1.29 is 14.0 Å². The Balaban J connectivity index is 2.93. The standard InChI is InChI=1S/C33H60NO2/c1-5-8-11-14-17-20-26-34(27-21-18-15-12-9-6-2,28-22-19-16-13-10-7-3)30-31-24-23-25-32(29-31)33(35)36-4/h23-25,29H,5-22,26-28,30H2,1-4H3/q+1. The third-order valence-corrected chi connectivity index (χ3v) is 7.82. The number of hydrogen-bond acceptors (Lipinski definition) is 2. The molecule has 1 aromatic carbocycles. The maximum absolute atomic E-state index is 12.2. The van der Waals surface area contributed by atoms with E-state index in [0.717, 1.165) is 6.54 Å². The molecule has 0 bridgehead atoms. The fourth-order valence-corrected chi connectivity index (χ4v) is 5.56. The van der Waals surface area contributed by atoms with Crippen LogP contribution in [0.2, 0.25) is 0 Å². The topological polar surface area (TPSA) is 26.3 Å². The largest absolute Gasteiger partial charge is 0.465 e. The minimum atomic E-state index is -0.224. The van der Waals surface area contributed by atoms with E-state index in [-0.39, 0.29) is 5.97 Å². The van der Waals surface area contributed by atoms with Crippen molar-refractivity contribution in [2.75, 3.05) is 26.7 Å². The Bertz CT molecular complexity index is 616. The highest BCUT2D eigenvalue weighted by atomic mass is 16.5. The third-order valence-electron chi connectivity index (χ3n) is 7.82. The minimum Gasteiger partial charge on any atom is -0.465 e. The summed E-state index contributed by atoms with van der Waals surface area (Å²) in [6.07, 6.45) is 24.4. The van der Waals surface area contributed by atoms with E-state index in [4.69, 9.17) is 4.74 Å². The Morgan fingerprint density at radius 3 is 1.47 bits per heavy atom. The number of ether oxygens (including phenoxy) is 1. The Morgan fingerprint density at radius 1 is 0.639 bits per heavy atom. The van der Waals surface area contributed by atoms with Crippen molar-refractivity contribution in [3.8, 4) is 0 Å². The first-order chi connectivity index (χ1) is 17.6. The van der Waals surface area contributed by atoms with Gasteiger partial charge in [-0.1, -0.05) is 110 Å². The summed E-state index contributed by atoms with van der Waals surface area (Å²) in [5.41, 5.74) is 1.98. The Morgan fingerprint density at radius 2 is 1.06 bits per heavy atom. The van der Waals surface area contributed by atoms with Crippen LogP contribution in [-0.4, -0.2) is 37.2 Å². The van der Waals surface area contributed by atoms with Crippen molar-refractivity contribution in [1.29, 1.82) is 0 Å². The van der Waals surface area contributed by atoms with Gasteiger partial charge in [0.2, 0.25) is 0 Å². The normalized spacial score (nSPS) is 11.7. The first-order valence-corrected chi connectivity index (χ1v) is 15.6. The minimum absolute atomic E-state index is 0.224. The number of esters is 1. The average Bonchev–Trinajstić information content (AvgIpc) is 2.90. The van der Waals surface area contributed by atoms with E-state index in [1.54, 1.807) is 0 Å². The van der Waals surface area contributed by atoms with E-state index >= 15 is 0 Å². The van der Waals surface area contributed by atoms with Gasteiger partial charge >= 0.3 is 5.97 Å². The smallest absolute Gasteiger partial charge is 0.337 e. The lowest BCUT2D eigenvalue weighted by atomic mass is 10.0. The molecule has 0 aliphatic rings. The molecule has 36 heavy (non-hydrogen) atoms. The molecule has 0 aromatic heterocycles. The number of methoxy groups -OCH3 is 1. The van der Waals surface area contributed by atoms with Gasteiger partial charge in [-0.2, -0.15) is 0 Å². The van der Waals surface area contributed by atoms with Gasteiger partial charge in [-0.05, 0) is 50.7 Å². The van der Waals surface area contributed by atoms with Crippen LogP contribution in [0.1, 0.15) is 152 Å². The molecule has 0 fully saturated rings. The van der Waals surface area contributed by atoms with Gasteiger partial charge in [-0.3, -0.25) is 0 Å². The molecule has 3 heteroatoms. The van der Waals surface area contributed by atoms with Crippen molar-refractivity contribution in [3.63, 3.8) is 0 Å². The molecule has 0 aliphatic heterocycles. The van der Waals surface area contributed by atoms with Crippen molar-refractivity contribution in [2.45, 2.75) is 143 Å². The fraction of sp³-hybridized carbons (Fsp3) is 0.788. The number of carbonyl (C=O) groups is 1. The molecule has 0 atom stereocenters. The summed E-state index contributed by atoms with van der Waals surface area (Å²) in [5.74, 6) is -0.224. The number of unbranched alkanes of at least 4 members (excludes halogenated alkanes) is 15. The van der Waals surface area contributed by atoms with E-state index in [1.165, 1.54) is 152 Å². The van der Waals surface area contributed by atoms with Gasteiger partial charge in [0, 0.05) is 5.56 Å². The second-order valence-corrected chi connectivity index (χ2v) is 11.2. The van der Waals surface area contributed by atoms with Gasteiger partial charge < -0.3 is 9.22 Å². The van der Waals surface area contributed by atoms with Crippen LogP contribution in [0.4, 0.5) is 0 Å². The van der Waals surface area contributed by atoms with Gasteiger partial charge in [0.25, 0.3) is 0 Å². The van der Waals surface area contributed by atoms with Crippen LogP contribution in [0, 0.1) is 0 Å². The quantitative estimate of drug-likeness (QED) is 0.0798. The predicted octanol–water partition coefficient (Wildman–Crippen LogP) is 9.87. The summed E-state index contributed by atoms with van der Waals surface area (Å²) < 4.78 is 6.21. The van der Waals surface area contributed by atoms with Crippen molar-refractivity contribution >= 4 is 5.97 Å². The number of hydrogen-bond donors (Lipinski definition) is 0. The van der Waals surface area contributed by atoms with Crippen molar-refractivity contribution in [2.24, 2.45) is 0 Å². The van der Waals surface area contributed by atoms with Crippen molar-refractivity contribution in [1.82, 2.24) is 0 Å². The molecule has 0 unspecified atom stereocenters. The molecule has 208 valence electrons. The SMILES string of the molecule is CCCCCCCC[N+](CCCCCCCC)(CCCCCCCC)Cc1cccc(C(=O)OC)c1. The molecule has 0 saturated carbocycles. The van der Waals surface area contributed by atoms with Gasteiger partial charge in [-0.25, -0.2) is 4.79 Å². The van der Waals surface area contributed by atoms with E-state index < -0.39 is 0 Å². The highest BCUT2D eigenvalue weighted by molar-refractivity contribution is 5.89. The van der Waals surface area contributed by atoms with Crippen LogP contribution in [-0.2, 0) is 11.3 Å². The monoisotopic (exact) mass is 502 g/mol. The molecule has 0 radical (unpaired) electrons. The number of carbonyl (C=O) groups excluding carboxylic acids is 1. The summed E-state index contributed by atoms with van der Waals surface area (Å²) in [4.78, 5) is 12.2. The zero-order valence-corrected chi connectivity index (χ0v) is 24.6. The van der Waals surface area contributed by atoms with Crippen molar-refractivity contribution in [3.05, 3.63) is 35.4 Å². The molecular weight excluding hydrogens is 442 g/mol.